The first-order valence-corrected chi connectivity index (χ1v) is 5.64. The van der Waals surface area contributed by atoms with Gasteiger partial charge in [0.05, 0.1) is 12.1 Å². The van der Waals surface area contributed by atoms with Crippen LogP contribution < -0.4 is 11.1 Å². The van der Waals surface area contributed by atoms with Gasteiger partial charge in [-0.05, 0) is 18.4 Å². The van der Waals surface area contributed by atoms with Crippen molar-refractivity contribution in [2.24, 2.45) is 11.7 Å². The molecule has 0 saturated heterocycles. The Kier molecular flexibility index (Phi) is 4.98. The second-order valence-corrected chi connectivity index (χ2v) is 3.86. The summed E-state index contributed by atoms with van der Waals surface area (Å²) < 4.78 is 1.90. The van der Waals surface area contributed by atoms with E-state index in [1.54, 1.807) is 13.2 Å². The highest BCUT2D eigenvalue weighted by molar-refractivity contribution is 5.78. The first-order chi connectivity index (χ1) is 7.71. The van der Waals surface area contributed by atoms with Gasteiger partial charge < -0.3 is 11.1 Å². The molecule has 1 aromatic heterocycles. The van der Waals surface area contributed by atoms with Crippen molar-refractivity contribution in [3.8, 4) is 0 Å². The Balaban J connectivity index is 2.59. The lowest BCUT2D eigenvalue weighted by Gasteiger charge is -2.11. The monoisotopic (exact) mass is 224 g/mol. The van der Waals surface area contributed by atoms with Crippen molar-refractivity contribution < 1.29 is 4.79 Å². The van der Waals surface area contributed by atoms with Gasteiger partial charge in [-0.2, -0.15) is 5.10 Å². The fraction of sp³-hybridized carbons (Fsp3) is 0.636. The lowest BCUT2D eigenvalue weighted by atomic mass is 10.0. The largest absolute Gasteiger partial charge is 0.359 e. The molecular weight excluding hydrogens is 204 g/mol. The number of rotatable bonds is 6. The summed E-state index contributed by atoms with van der Waals surface area (Å²) in [5.41, 5.74) is 6.64. The molecule has 0 aliphatic carbocycles. The molecule has 3 N–H and O–H groups in total. The van der Waals surface area contributed by atoms with E-state index in [1.807, 2.05) is 10.9 Å². The van der Waals surface area contributed by atoms with Gasteiger partial charge in [-0.15, -0.1) is 0 Å². The quantitative estimate of drug-likeness (QED) is 0.722. The van der Waals surface area contributed by atoms with Gasteiger partial charge in [0.1, 0.15) is 0 Å². The SMILES string of the molecule is CCCn1cc(CC(CN)C(=O)NC)cn1. The number of amides is 1. The topological polar surface area (TPSA) is 72.9 Å². The maximum absolute atomic E-state index is 11.5. The number of carbonyl (C=O) groups is 1. The summed E-state index contributed by atoms with van der Waals surface area (Å²) in [4.78, 5) is 11.5. The van der Waals surface area contributed by atoms with Gasteiger partial charge in [0, 0.05) is 26.3 Å². The molecule has 0 bridgehead atoms. The molecule has 0 aromatic carbocycles. The first kappa shape index (κ1) is 12.7. The first-order valence-electron chi connectivity index (χ1n) is 5.64. The Morgan fingerprint density at radius 3 is 3.00 bits per heavy atom. The number of nitrogens with one attached hydrogen (secondary N) is 1. The zero-order valence-electron chi connectivity index (χ0n) is 9.94. The van der Waals surface area contributed by atoms with E-state index in [2.05, 4.69) is 17.3 Å². The van der Waals surface area contributed by atoms with Gasteiger partial charge in [0.2, 0.25) is 5.91 Å². The molecule has 1 heterocycles. The molecule has 0 fully saturated rings. The number of nitrogens with zero attached hydrogens (tertiary/aromatic N) is 2. The molecule has 0 aliphatic rings. The van der Waals surface area contributed by atoms with Crippen LogP contribution in [-0.4, -0.2) is 29.3 Å². The Hall–Kier alpha value is -1.36. The second-order valence-electron chi connectivity index (χ2n) is 3.86. The van der Waals surface area contributed by atoms with Gasteiger partial charge in [0.15, 0.2) is 0 Å². The third-order valence-corrected chi connectivity index (χ3v) is 2.52. The summed E-state index contributed by atoms with van der Waals surface area (Å²) in [5.74, 6) is -0.171. The standard InChI is InChI=1S/C11H20N4O/c1-3-4-15-8-9(7-14-15)5-10(6-12)11(16)13-2/h7-8,10H,3-6,12H2,1-2H3,(H,13,16). The zero-order valence-corrected chi connectivity index (χ0v) is 9.94. The minimum Gasteiger partial charge on any atom is -0.359 e. The highest BCUT2D eigenvalue weighted by atomic mass is 16.1. The molecule has 1 atom stereocenters. The lowest BCUT2D eigenvalue weighted by Crippen LogP contribution is -2.33. The molecule has 1 aromatic rings. The Morgan fingerprint density at radius 1 is 1.69 bits per heavy atom. The van der Waals surface area contributed by atoms with Crippen LogP contribution in [-0.2, 0) is 17.8 Å². The van der Waals surface area contributed by atoms with Crippen LogP contribution in [0, 0.1) is 5.92 Å². The normalized spacial score (nSPS) is 12.4. The maximum Gasteiger partial charge on any atom is 0.224 e. The predicted octanol–water partition coefficient (Wildman–Crippen LogP) is 0.157. The average molecular weight is 224 g/mol. The average Bonchev–Trinajstić information content (AvgIpc) is 2.73. The molecule has 0 aliphatic heterocycles. The zero-order chi connectivity index (χ0) is 12.0. The van der Waals surface area contributed by atoms with Crippen LogP contribution >= 0.6 is 0 Å². The Morgan fingerprint density at radius 2 is 2.44 bits per heavy atom. The van der Waals surface area contributed by atoms with Gasteiger partial charge in [0.25, 0.3) is 0 Å². The molecule has 0 radical (unpaired) electrons. The smallest absolute Gasteiger partial charge is 0.224 e. The fourth-order valence-electron chi connectivity index (χ4n) is 1.63. The van der Waals surface area contributed by atoms with Crippen LogP contribution in [0.4, 0.5) is 0 Å². The summed E-state index contributed by atoms with van der Waals surface area (Å²) in [6.07, 6.45) is 5.49. The third kappa shape index (κ3) is 3.34. The van der Waals surface area contributed by atoms with Crippen molar-refractivity contribution >= 4 is 5.91 Å². The summed E-state index contributed by atoms with van der Waals surface area (Å²) >= 11 is 0. The third-order valence-electron chi connectivity index (χ3n) is 2.52. The van der Waals surface area contributed by atoms with E-state index >= 15 is 0 Å². The number of aromatic nitrogens is 2. The molecule has 1 unspecified atom stereocenters. The van der Waals surface area contributed by atoms with E-state index in [9.17, 15) is 4.79 Å². The van der Waals surface area contributed by atoms with Crippen molar-refractivity contribution in [2.75, 3.05) is 13.6 Å². The summed E-state index contributed by atoms with van der Waals surface area (Å²) in [6, 6.07) is 0. The number of aryl methyl sites for hydroxylation is 1. The fourth-order valence-corrected chi connectivity index (χ4v) is 1.63. The molecule has 1 rings (SSSR count). The predicted molar refractivity (Wildman–Crippen MR) is 62.8 cm³/mol. The van der Waals surface area contributed by atoms with Gasteiger partial charge in [-0.1, -0.05) is 6.92 Å². The second kappa shape index (κ2) is 6.27. The number of carbonyl (C=O) groups excluding carboxylic acids is 1. The van der Waals surface area contributed by atoms with Gasteiger partial charge in [-0.25, -0.2) is 0 Å². The van der Waals surface area contributed by atoms with E-state index in [1.165, 1.54) is 0 Å². The van der Waals surface area contributed by atoms with Crippen molar-refractivity contribution in [3.63, 3.8) is 0 Å². The minimum absolute atomic E-state index is 0.00857. The molecule has 5 heteroatoms. The van der Waals surface area contributed by atoms with E-state index in [-0.39, 0.29) is 11.8 Å². The van der Waals surface area contributed by atoms with Crippen molar-refractivity contribution in [3.05, 3.63) is 18.0 Å². The van der Waals surface area contributed by atoms with Crippen molar-refractivity contribution in [1.29, 1.82) is 0 Å². The van der Waals surface area contributed by atoms with Crippen LogP contribution in [0.15, 0.2) is 12.4 Å². The molecule has 0 saturated carbocycles. The van der Waals surface area contributed by atoms with E-state index in [0.717, 1.165) is 18.5 Å². The van der Waals surface area contributed by atoms with E-state index < -0.39 is 0 Å². The van der Waals surface area contributed by atoms with Gasteiger partial charge >= 0.3 is 0 Å². The number of nitrogens with two attached hydrogens (primary N) is 1. The Labute approximate surface area is 96.0 Å². The molecule has 5 nitrogen and oxygen atoms in total. The van der Waals surface area contributed by atoms with Crippen LogP contribution in [0.1, 0.15) is 18.9 Å². The molecule has 0 spiro atoms. The number of hydrogen-bond acceptors (Lipinski definition) is 3. The van der Waals surface area contributed by atoms with Crippen LogP contribution in [0.2, 0.25) is 0 Å². The van der Waals surface area contributed by atoms with E-state index in [0.29, 0.717) is 13.0 Å². The van der Waals surface area contributed by atoms with Crippen molar-refractivity contribution in [1.82, 2.24) is 15.1 Å². The minimum atomic E-state index is -0.163. The highest BCUT2D eigenvalue weighted by Crippen LogP contribution is 2.07. The van der Waals surface area contributed by atoms with Crippen LogP contribution in [0.25, 0.3) is 0 Å². The molecule has 16 heavy (non-hydrogen) atoms. The summed E-state index contributed by atoms with van der Waals surface area (Å²) in [5, 5.41) is 6.84. The van der Waals surface area contributed by atoms with Crippen LogP contribution in [0.3, 0.4) is 0 Å². The maximum atomic E-state index is 11.5. The van der Waals surface area contributed by atoms with E-state index in [4.69, 9.17) is 5.73 Å². The lowest BCUT2D eigenvalue weighted by molar-refractivity contribution is -0.124. The summed E-state index contributed by atoms with van der Waals surface area (Å²) in [6.45, 7) is 3.38. The number of hydrogen-bond donors (Lipinski definition) is 2. The van der Waals surface area contributed by atoms with Crippen molar-refractivity contribution in [2.45, 2.75) is 26.3 Å². The van der Waals surface area contributed by atoms with Gasteiger partial charge in [-0.3, -0.25) is 9.48 Å². The highest BCUT2D eigenvalue weighted by Gasteiger charge is 2.16. The Bertz CT molecular complexity index is 334. The molecular formula is C11H20N4O. The summed E-state index contributed by atoms with van der Waals surface area (Å²) in [7, 11) is 1.63. The molecule has 1 amide bonds. The molecule has 90 valence electrons. The van der Waals surface area contributed by atoms with Crippen LogP contribution in [0.5, 0.6) is 0 Å².